The monoisotopic (exact) mass is 427 g/mol. The number of nitrogen functional groups attached to an aromatic ring is 1. The van der Waals surface area contributed by atoms with E-state index in [9.17, 15) is 4.79 Å². The molecular formula is C24H18FN5O2. The molecule has 0 spiro atoms. The number of carbonyl (C=O) groups excluding carboxylic acids is 1. The number of aromatic nitrogens is 3. The second kappa shape index (κ2) is 6.65. The Morgan fingerprint density at radius 1 is 1.22 bits per heavy atom. The van der Waals surface area contributed by atoms with E-state index >= 15 is 4.39 Å². The Labute approximate surface area is 181 Å². The van der Waals surface area contributed by atoms with Crippen LogP contribution in [0.5, 0.6) is 5.75 Å². The van der Waals surface area contributed by atoms with Crippen molar-refractivity contribution in [3.63, 3.8) is 0 Å². The van der Waals surface area contributed by atoms with Gasteiger partial charge in [-0.25, -0.2) is 14.4 Å². The maximum Gasteiger partial charge on any atom is 0.257 e. The molecule has 5 aromatic rings. The summed E-state index contributed by atoms with van der Waals surface area (Å²) in [5.41, 5.74) is 8.35. The van der Waals surface area contributed by atoms with Gasteiger partial charge in [-0.3, -0.25) is 9.20 Å². The SMILES string of the molecule is CN(C(=O)c1cc2c(cc1F)nc(N)c1cncn12)[C@@H]1COc2ccc3ccccc3c21. The van der Waals surface area contributed by atoms with Crippen LogP contribution in [0.3, 0.4) is 0 Å². The van der Waals surface area contributed by atoms with Crippen LogP contribution in [0, 0.1) is 5.82 Å². The molecule has 1 atom stereocenters. The maximum atomic E-state index is 15.0. The Bertz CT molecular complexity index is 1560. The Kier molecular flexibility index (Phi) is 3.86. The quantitative estimate of drug-likeness (QED) is 0.461. The van der Waals surface area contributed by atoms with Crippen molar-refractivity contribution in [1.82, 2.24) is 19.3 Å². The normalized spacial score (nSPS) is 15.2. The standard InChI is InChI=1S/C24H18FN5O2/c1-29(20-11-32-21-7-6-13-4-2-3-5-14(13)22(20)21)24(31)15-8-18-17(9-16(15)25)28-23(26)19-10-27-12-30(18)19/h2-10,12,20H,11H2,1H3,(H2,26,28)/t20-/m1/s1. The van der Waals surface area contributed by atoms with Gasteiger partial charge in [-0.1, -0.05) is 30.3 Å². The topological polar surface area (TPSA) is 85.8 Å². The van der Waals surface area contributed by atoms with E-state index < -0.39 is 11.7 Å². The number of halogens is 1. The zero-order valence-electron chi connectivity index (χ0n) is 17.1. The lowest BCUT2D eigenvalue weighted by molar-refractivity contribution is 0.0705. The fourth-order valence-electron chi connectivity index (χ4n) is 4.50. The second-order valence-electron chi connectivity index (χ2n) is 7.91. The fourth-order valence-corrected chi connectivity index (χ4v) is 4.50. The third kappa shape index (κ3) is 2.56. The van der Waals surface area contributed by atoms with E-state index in [4.69, 9.17) is 10.5 Å². The summed E-state index contributed by atoms with van der Waals surface area (Å²) in [6.45, 7) is 0.310. The highest BCUT2D eigenvalue weighted by Gasteiger charge is 2.33. The van der Waals surface area contributed by atoms with Gasteiger partial charge in [0, 0.05) is 18.7 Å². The summed E-state index contributed by atoms with van der Waals surface area (Å²) in [5, 5.41) is 2.08. The van der Waals surface area contributed by atoms with Crippen LogP contribution in [0.1, 0.15) is 22.0 Å². The molecule has 7 nitrogen and oxygen atoms in total. The lowest BCUT2D eigenvalue weighted by Crippen LogP contribution is -2.32. The molecule has 0 aliphatic carbocycles. The number of anilines is 1. The van der Waals surface area contributed by atoms with Gasteiger partial charge >= 0.3 is 0 Å². The van der Waals surface area contributed by atoms with Gasteiger partial charge in [-0.2, -0.15) is 0 Å². The average molecular weight is 427 g/mol. The summed E-state index contributed by atoms with van der Waals surface area (Å²) >= 11 is 0. The molecule has 32 heavy (non-hydrogen) atoms. The van der Waals surface area contributed by atoms with Crippen molar-refractivity contribution in [3.05, 3.63) is 78.0 Å². The number of hydrogen-bond donors (Lipinski definition) is 1. The van der Waals surface area contributed by atoms with Crippen LogP contribution < -0.4 is 10.5 Å². The Hall–Kier alpha value is -4.20. The van der Waals surface area contributed by atoms with Gasteiger partial charge in [-0.05, 0) is 22.9 Å². The van der Waals surface area contributed by atoms with E-state index in [0.717, 1.165) is 22.1 Å². The molecule has 0 bridgehead atoms. The number of carbonyl (C=O) groups is 1. The zero-order chi connectivity index (χ0) is 22.0. The van der Waals surface area contributed by atoms with Crippen molar-refractivity contribution < 1.29 is 13.9 Å². The molecule has 0 radical (unpaired) electrons. The van der Waals surface area contributed by atoms with Crippen LogP contribution in [-0.2, 0) is 0 Å². The van der Waals surface area contributed by atoms with Gasteiger partial charge < -0.3 is 15.4 Å². The van der Waals surface area contributed by atoms with Crippen molar-refractivity contribution >= 4 is 39.0 Å². The van der Waals surface area contributed by atoms with Gasteiger partial charge in [0.05, 0.1) is 35.2 Å². The predicted molar refractivity (Wildman–Crippen MR) is 119 cm³/mol. The van der Waals surface area contributed by atoms with E-state index in [1.54, 1.807) is 28.9 Å². The molecule has 0 saturated heterocycles. The summed E-state index contributed by atoms with van der Waals surface area (Å²) < 4.78 is 22.6. The number of nitrogens with zero attached hydrogens (tertiary/aromatic N) is 4. The number of imidazole rings is 1. The predicted octanol–water partition coefficient (Wildman–Crippen LogP) is 3.96. The molecule has 1 aliphatic heterocycles. The number of amides is 1. The lowest BCUT2D eigenvalue weighted by atomic mass is 9.98. The molecule has 3 aromatic carbocycles. The number of hydrogen-bond acceptors (Lipinski definition) is 5. The molecule has 158 valence electrons. The van der Waals surface area contributed by atoms with E-state index in [1.165, 1.54) is 12.1 Å². The summed E-state index contributed by atoms with van der Waals surface area (Å²) in [5.74, 6) is -0.106. The lowest BCUT2D eigenvalue weighted by Gasteiger charge is -2.25. The van der Waals surface area contributed by atoms with E-state index in [-0.39, 0.29) is 17.4 Å². The molecule has 0 fully saturated rings. The third-order valence-corrected chi connectivity index (χ3v) is 6.14. The number of likely N-dealkylation sites (N-methyl/N-ethyl adjacent to an activating group) is 1. The largest absolute Gasteiger partial charge is 0.491 e. The van der Waals surface area contributed by atoms with E-state index in [2.05, 4.69) is 9.97 Å². The fraction of sp³-hybridized carbons (Fsp3) is 0.125. The van der Waals surface area contributed by atoms with Gasteiger partial charge in [0.1, 0.15) is 29.5 Å². The summed E-state index contributed by atoms with van der Waals surface area (Å²) in [6, 6.07) is 14.3. The Morgan fingerprint density at radius 3 is 2.94 bits per heavy atom. The second-order valence-corrected chi connectivity index (χ2v) is 7.91. The highest BCUT2D eigenvalue weighted by molar-refractivity contribution is 5.99. The first-order valence-corrected chi connectivity index (χ1v) is 10.2. The highest BCUT2D eigenvalue weighted by atomic mass is 19.1. The molecule has 1 aliphatic rings. The Balaban J connectivity index is 1.46. The minimum atomic E-state index is -0.655. The average Bonchev–Trinajstić information content (AvgIpc) is 3.46. The molecule has 6 rings (SSSR count). The summed E-state index contributed by atoms with van der Waals surface area (Å²) in [6.07, 6.45) is 3.15. The van der Waals surface area contributed by atoms with Crippen LogP contribution >= 0.6 is 0 Å². The van der Waals surface area contributed by atoms with Crippen LogP contribution in [0.25, 0.3) is 27.3 Å². The molecule has 3 heterocycles. The van der Waals surface area contributed by atoms with Crippen LogP contribution in [0.2, 0.25) is 0 Å². The molecule has 2 N–H and O–H groups in total. The van der Waals surface area contributed by atoms with Gasteiger partial charge in [-0.15, -0.1) is 0 Å². The van der Waals surface area contributed by atoms with Gasteiger partial charge in [0.2, 0.25) is 0 Å². The van der Waals surface area contributed by atoms with Crippen LogP contribution in [0.15, 0.2) is 61.1 Å². The van der Waals surface area contributed by atoms with E-state index in [1.807, 2.05) is 36.4 Å². The van der Waals surface area contributed by atoms with Crippen molar-refractivity contribution in [2.75, 3.05) is 19.4 Å². The molecule has 8 heteroatoms. The zero-order valence-corrected chi connectivity index (χ0v) is 17.1. The molecular weight excluding hydrogens is 409 g/mol. The smallest absolute Gasteiger partial charge is 0.257 e. The van der Waals surface area contributed by atoms with Crippen molar-refractivity contribution in [2.45, 2.75) is 6.04 Å². The first-order chi connectivity index (χ1) is 15.5. The highest BCUT2D eigenvalue weighted by Crippen LogP contribution is 2.41. The van der Waals surface area contributed by atoms with Gasteiger partial charge in [0.25, 0.3) is 5.91 Å². The number of benzene rings is 3. The molecule has 0 saturated carbocycles. The summed E-state index contributed by atoms with van der Waals surface area (Å²) in [4.78, 5) is 23.3. The first kappa shape index (κ1) is 18.6. The van der Waals surface area contributed by atoms with Crippen LogP contribution in [-0.4, -0.2) is 38.8 Å². The maximum absolute atomic E-state index is 15.0. The minimum Gasteiger partial charge on any atom is -0.491 e. The van der Waals surface area contributed by atoms with Crippen molar-refractivity contribution in [2.24, 2.45) is 0 Å². The third-order valence-electron chi connectivity index (χ3n) is 6.14. The Morgan fingerprint density at radius 2 is 2.06 bits per heavy atom. The molecule has 0 unspecified atom stereocenters. The number of fused-ring (bicyclic) bond motifs is 6. The number of rotatable bonds is 2. The van der Waals surface area contributed by atoms with Crippen LogP contribution in [0.4, 0.5) is 10.2 Å². The first-order valence-electron chi connectivity index (χ1n) is 10.2. The summed E-state index contributed by atoms with van der Waals surface area (Å²) in [7, 11) is 1.67. The van der Waals surface area contributed by atoms with Gasteiger partial charge in [0.15, 0.2) is 0 Å². The van der Waals surface area contributed by atoms with Crippen molar-refractivity contribution in [3.8, 4) is 5.75 Å². The van der Waals surface area contributed by atoms with Crippen molar-refractivity contribution in [1.29, 1.82) is 0 Å². The molecule has 2 aromatic heterocycles. The number of ether oxygens (including phenoxy) is 1. The van der Waals surface area contributed by atoms with E-state index in [0.29, 0.717) is 23.2 Å². The molecule has 1 amide bonds. The number of nitrogens with two attached hydrogens (primary N) is 1. The minimum absolute atomic E-state index is 0.0461.